The number of esters is 1. The molecule has 0 heterocycles. The SMILES string of the molecule is CCc1cc(C(C)NC(=O)[C@H](CC(=O)OC(C)(C)C)NC(=O)NN)c([N+]=O)cc1OCCCC(=O)NC. The predicted octanol–water partition coefficient (Wildman–Crippen LogP) is 1.34. The summed E-state index contributed by atoms with van der Waals surface area (Å²) in [5, 5.41) is 10.6. The largest absolute Gasteiger partial charge is 0.493 e. The first-order valence-electron chi connectivity index (χ1n) is 12.0. The maximum absolute atomic E-state index is 13.0. The van der Waals surface area contributed by atoms with Crippen molar-refractivity contribution in [3.8, 4) is 5.75 Å². The number of nitroso groups, excluding NO2 is 1. The number of hydrogen-bond acceptors (Lipinski definition) is 9. The summed E-state index contributed by atoms with van der Waals surface area (Å²) in [6, 6.07) is 0.331. The normalized spacial score (nSPS) is 12.5. The third-order valence-electron chi connectivity index (χ3n) is 5.14. The molecule has 37 heavy (non-hydrogen) atoms. The molecule has 6 N–H and O–H groups in total. The Kier molecular flexibility index (Phi) is 12.5. The van der Waals surface area contributed by atoms with Crippen molar-refractivity contribution in [1.29, 1.82) is 0 Å². The number of urea groups is 1. The monoisotopic (exact) mass is 522 g/mol. The lowest BCUT2D eigenvalue weighted by Gasteiger charge is -2.24. The van der Waals surface area contributed by atoms with Gasteiger partial charge in [0.15, 0.2) is 0 Å². The van der Waals surface area contributed by atoms with E-state index in [1.165, 1.54) is 6.07 Å². The first-order chi connectivity index (χ1) is 17.3. The van der Waals surface area contributed by atoms with Crippen LogP contribution in [0.25, 0.3) is 0 Å². The van der Waals surface area contributed by atoms with Gasteiger partial charge < -0.3 is 25.4 Å². The smallest absolute Gasteiger partial charge is 0.353 e. The minimum atomic E-state index is -1.29. The number of hydrazine groups is 1. The standard InChI is InChI=1S/C24H38N6O7/c1-7-15-11-16(17(30-35)12-19(15)36-10-8-9-20(31)26-6)14(2)27-22(33)18(28-23(34)29-25)13-21(32)37-24(3,4)5/h11-12,14,18H,7-10,13,25H2,1-6H3,(H,26,31)(H,27,33)(H2,28,29,34)/q+1/t14?,18-/m0/s1. The Balaban J connectivity index is 3.06. The number of benzene rings is 1. The van der Waals surface area contributed by atoms with Gasteiger partial charge >= 0.3 is 22.9 Å². The number of ether oxygens (including phenoxy) is 2. The molecule has 1 unspecified atom stereocenters. The van der Waals surface area contributed by atoms with E-state index in [9.17, 15) is 24.1 Å². The number of nitrogens with two attached hydrogens (primary N) is 1. The average molecular weight is 523 g/mol. The highest BCUT2D eigenvalue weighted by molar-refractivity contribution is 5.90. The molecule has 0 aliphatic carbocycles. The highest BCUT2D eigenvalue weighted by Crippen LogP contribution is 2.31. The Morgan fingerprint density at radius 2 is 1.81 bits per heavy atom. The summed E-state index contributed by atoms with van der Waals surface area (Å²) in [4.78, 5) is 60.0. The van der Waals surface area contributed by atoms with Gasteiger partial charge in [-0.25, -0.2) is 10.6 Å². The number of nitrogens with zero attached hydrogens (tertiary/aromatic N) is 1. The van der Waals surface area contributed by atoms with Gasteiger partial charge in [-0.2, -0.15) is 0 Å². The first-order valence-corrected chi connectivity index (χ1v) is 12.0. The molecule has 0 fully saturated rings. The molecule has 1 rings (SSSR count). The van der Waals surface area contributed by atoms with E-state index in [0.717, 1.165) is 5.56 Å². The molecule has 0 aliphatic heterocycles. The fourth-order valence-corrected chi connectivity index (χ4v) is 3.36. The van der Waals surface area contributed by atoms with Crippen LogP contribution in [0.2, 0.25) is 0 Å². The van der Waals surface area contributed by atoms with Gasteiger partial charge in [-0.3, -0.25) is 19.8 Å². The van der Waals surface area contributed by atoms with Crippen molar-refractivity contribution in [2.24, 2.45) is 5.84 Å². The molecule has 205 valence electrons. The van der Waals surface area contributed by atoms with Crippen LogP contribution in [-0.4, -0.2) is 49.1 Å². The molecule has 0 aromatic heterocycles. The molecule has 1 radical (unpaired) electrons. The Hall–Kier alpha value is -3.74. The number of rotatable bonds is 13. The van der Waals surface area contributed by atoms with Crippen LogP contribution in [0, 0.1) is 4.91 Å². The lowest BCUT2D eigenvalue weighted by molar-refractivity contribution is -0.156. The third kappa shape index (κ3) is 10.8. The number of nitrogens with one attached hydrogen (secondary N) is 4. The van der Waals surface area contributed by atoms with Gasteiger partial charge in [0.05, 0.1) is 30.7 Å². The molecule has 0 bridgehead atoms. The van der Waals surface area contributed by atoms with Crippen LogP contribution < -0.4 is 37.1 Å². The Morgan fingerprint density at radius 3 is 2.35 bits per heavy atom. The third-order valence-corrected chi connectivity index (χ3v) is 5.14. The molecule has 1 aromatic carbocycles. The quantitative estimate of drug-likeness (QED) is 0.0842. The number of aryl methyl sites for hydroxylation is 1. The molecular formula is C24H38N6O7+. The minimum absolute atomic E-state index is 0.0580. The van der Waals surface area contributed by atoms with Crippen LogP contribution in [-0.2, 0) is 25.5 Å². The van der Waals surface area contributed by atoms with E-state index in [0.29, 0.717) is 30.6 Å². The number of carbonyl (C=O) groups excluding carboxylic acids is 4. The van der Waals surface area contributed by atoms with Gasteiger partial charge in [0.2, 0.25) is 11.8 Å². The lowest BCUT2D eigenvalue weighted by Crippen LogP contribution is -2.52. The van der Waals surface area contributed by atoms with Crippen LogP contribution in [0.15, 0.2) is 12.1 Å². The van der Waals surface area contributed by atoms with Gasteiger partial charge in [-0.05, 0) is 52.2 Å². The second kappa shape index (κ2) is 14.7. The van der Waals surface area contributed by atoms with E-state index in [-0.39, 0.29) is 18.2 Å². The van der Waals surface area contributed by atoms with E-state index < -0.39 is 42.0 Å². The van der Waals surface area contributed by atoms with Crippen molar-refractivity contribution in [2.45, 2.75) is 78.0 Å². The highest BCUT2D eigenvalue weighted by atomic mass is 16.6. The van der Waals surface area contributed by atoms with Crippen molar-refractivity contribution in [2.75, 3.05) is 13.7 Å². The van der Waals surface area contributed by atoms with Crippen LogP contribution in [0.3, 0.4) is 0 Å². The average Bonchev–Trinajstić information content (AvgIpc) is 2.83. The zero-order chi connectivity index (χ0) is 28.2. The fourth-order valence-electron chi connectivity index (χ4n) is 3.36. The Morgan fingerprint density at radius 1 is 1.14 bits per heavy atom. The summed E-state index contributed by atoms with van der Waals surface area (Å²) in [6.45, 7) is 8.84. The summed E-state index contributed by atoms with van der Waals surface area (Å²) < 4.78 is 11.0. The summed E-state index contributed by atoms with van der Waals surface area (Å²) in [5.41, 5.74) is 2.33. The summed E-state index contributed by atoms with van der Waals surface area (Å²) in [7, 11) is 1.56. The van der Waals surface area contributed by atoms with E-state index in [1.54, 1.807) is 40.8 Å². The lowest BCUT2D eigenvalue weighted by atomic mass is 10.00. The zero-order valence-corrected chi connectivity index (χ0v) is 22.2. The molecule has 13 heteroatoms. The summed E-state index contributed by atoms with van der Waals surface area (Å²) >= 11 is 0. The van der Waals surface area contributed by atoms with Crippen molar-refractivity contribution < 1.29 is 28.7 Å². The molecule has 0 aliphatic rings. The summed E-state index contributed by atoms with van der Waals surface area (Å²) in [5.74, 6) is 4.08. The molecule has 13 nitrogen and oxygen atoms in total. The van der Waals surface area contributed by atoms with Crippen molar-refractivity contribution >= 4 is 29.5 Å². The van der Waals surface area contributed by atoms with Gasteiger partial charge in [0, 0.05) is 13.5 Å². The molecule has 0 saturated heterocycles. The number of amides is 4. The first kappa shape index (κ1) is 31.3. The van der Waals surface area contributed by atoms with Crippen LogP contribution in [0.1, 0.15) is 71.0 Å². The molecule has 1 aromatic rings. The fraction of sp³-hybridized carbons (Fsp3) is 0.583. The molecular weight excluding hydrogens is 484 g/mol. The van der Waals surface area contributed by atoms with E-state index in [4.69, 9.17) is 15.3 Å². The molecule has 4 amide bonds. The second-order valence-corrected chi connectivity index (χ2v) is 9.28. The van der Waals surface area contributed by atoms with Crippen LogP contribution in [0.4, 0.5) is 10.5 Å². The Bertz CT molecular complexity index is 977. The van der Waals surface area contributed by atoms with Crippen molar-refractivity contribution in [3.05, 3.63) is 28.2 Å². The molecule has 0 saturated carbocycles. The van der Waals surface area contributed by atoms with Crippen LogP contribution >= 0.6 is 0 Å². The topological polar surface area (TPSA) is 192 Å². The minimum Gasteiger partial charge on any atom is -0.493 e. The number of carbonyl (C=O) groups is 4. The van der Waals surface area contributed by atoms with E-state index in [2.05, 4.69) is 21.1 Å². The molecule has 0 spiro atoms. The van der Waals surface area contributed by atoms with Crippen molar-refractivity contribution in [1.82, 2.24) is 26.6 Å². The molecule has 2 atom stereocenters. The Labute approximate surface area is 216 Å². The zero-order valence-electron chi connectivity index (χ0n) is 22.2. The van der Waals surface area contributed by atoms with E-state index >= 15 is 0 Å². The van der Waals surface area contributed by atoms with Gasteiger partial charge in [0.1, 0.15) is 22.3 Å². The van der Waals surface area contributed by atoms with E-state index in [1.807, 2.05) is 12.3 Å². The highest BCUT2D eigenvalue weighted by Gasteiger charge is 2.30. The van der Waals surface area contributed by atoms with Gasteiger partial charge in [0.25, 0.3) is 0 Å². The van der Waals surface area contributed by atoms with Crippen LogP contribution in [0.5, 0.6) is 5.75 Å². The maximum Gasteiger partial charge on any atom is 0.353 e. The van der Waals surface area contributed by atoms with Gasteiger partial charge in [-0.15, -0.1) is 0 Å². The van der Waals surface area contributed by atoms with Crippen molar-refractivity contribution in [3.63, 3.8) is 0 Å². The predicted molar refractivity (Wildman–Crippen MR) is 136 cm³/mol. The second-order valence-electron chi connectivity index (χ2n) is 9.28. The maximum atomic E-state index is 13.0. The van der Waals surface area contributed by atoms with Gasteiger partial charge in [-0.1, -0.05) is 6.92 Å². The summed E-state index contributed by atoms with van der Waals surface area (Å²) in [6.07, 6.45) is 0.921. The number of hydrogen-bond donors (Lipinski definition) is 5.